The van der Waals surface area contributed by atoms with E-state index in [9.17, 15) is 40.5 Å². The van der Waals surface area contributed by atoms with Gasteiger partial charge in [0.1, 0.15) is 64.8 Å². The maximum Gasteiger partial charge on any atom is 0.229 e. The van der Waals surface area contributed by atoms with E-state index in [-0.39, 0.29) is 51.7 Å². The molecule has 0 radical (unpaired) electrons. The summed E-state index contributed by atoms with van der Waals surface area (Å²) in [4.78, 5) is 12.9. The Morgan fingerprint density at radius 2 is 1.74 bits per heavy atom. The second-order valence-corrected chi connectivity index (χ2v) is 8.42. The summed E-state index contributed by atoms with van der Waals surface area (Å²) in [7, 11) is 0. The highest BCUT2D eigenvalue weighted by Crippen LogP contribution is 2.49. The third-order valence-corrected chi connectivity index (χ3v) is 6.19. The number of aliphatic hydroxyl groups excluding tert-OH is 4. The number of carbonyl (C=O) groups excluding carboxylic acids is 1. The summed E-state index contributed by atoms with van der Waals surface area (Å²) in [5.41, 5.74) is 0.505. The van der Waals surface area contributed by atoms with Gasteiger partial charge < -0.3 is 50.0 Å². The van der Waals surface area contributed by atoms with Gasteiger partial charge in [0.05, 0.1) is 13.0 Å². The Morgan fingerprint density at radius 1 is 1.03 bits per heavy atom. The maximum absolute atomic E-state index is 12.9. The standard InChI is InChI=1S/C23H26O11/c1-8-17(28)16-13(27)6-14(11-5-10(25)3-4-12(11)26)32-22(16)9(2)21(8)34-23-20(31)19(30)18(29)15(7-24)33-23/h3-5,14-15,18-20,23-26,28-31H,6-7H2,1-2H3. The molecule has 4 rings (SSSR count). The average molecular weight is 478 g/mol. The zero-order valence-electron chi connectivity index (χ0n) is 18.4. The van der Waals surface area contributed by atoms with E-state index in [0.717, 1.165) is 0 Å². The molecule has 1 saturated heterocycles. The first-order chi connectivity index (χ1) is 16.0. The lowest BCUT2D eigenvalue weighted by Crippen LogP contribution is -2.60. The summed E-state index contributed by atoms with van der Waals surface area (Å²) >= 11 is 0. The van der Waals surface area contributed by atoms with E-state index >= 15 is 0 Å². The number of phenols is 3. The number of aromatic hydroxyl groups is 3. The molecule has 0 amide bonds. The Balaban J connectivity index is 1.73. The van der Waals surface area contributed by atoms with Crippen LogP contribution in [0.15, 0.2) is 18.2 Å². The number of fused-ring (bicyclic) bond motifs is 1. The molecule has 2 aromatic carbocycles. The van der Waals surface area contributed by atoms with E-state index in [2.05, 4.69) is 0 Å². The van der Waals surface area contributed by atoms with Crippen LogP contribution in [0.3, 0.4) is 0 Å². The molecule has 2 aliphatic heterocycles. The molecule has 2 aromatic rings. The highest BCUT2D eigenvalue weighted by molar-refractivity contribution is 6.04. The van der Waals surface area contributed by atoms with Crippen LogP contribution < -0.4 is 9.47 Å². The molecule has 2 aliphatic rings. The van der Waals surface area contributed by atoms with E-state index in [1.807, 2.05) is 0 Å². The first-order valence-corrected chi connectivity index (χ1v) is 10.6. The van der Waals surface area contributed by atoms with Crippen LogP contribution in [0.5, 0.6) is 28.7 Å². The van der Waals surface area contributed by atoms with Crippen LogP contribution in [-0.2, 0) is 4.74 Å². The summed E-state index contributed by atoms with van der Waals surface area (Å²) in [6, 6.07) is 3.82. The fourth-order valence-corrected chi connectivity index (χ4v) is 4.27. The molecule has 2 heterocycles. The SMILES string of the molecule is Cc1c(O)c2c(c(C)c1OC1OC(CO)C(O)C(O)C1O)OC(c1cc(O)ccc1O)CC2=O. The van der Waals surface area contributed by atoms with Crippen molar-refractivity contribution in [2.75, 3.05) is 6.61 Å². The van der Waals surface area contributed by atoms with Crippen molar-refractivity contribution >= 4 is 5.78 Å². The molecule has 0 saturated carbocycles. The number of Topliss-reactive ketones (excluding diaryl/α,β-unsaturated/α-hetero) is 1. The summed E-state index contributed by atoms with van der Waals surface area (Å²) in [6.07, 6.45) is -8.82. The number of hydrogen-bond acceptors (Lipinski definition) is 11. The Bertz CT molecular complexity index is 1110. The quantitative estimate of drug-likeness (QED) is 0.300. The van der Waals surface area contributed by atoms with E-state index in [4.69, 9.17) is 14.2 Å². The Labute approximate surface area is 194 Å². The smallest absolute Gasteiger partial charge is 0.229 e. The van der Waals surface area contributed by atoms with Crippen molar-refractivity contribution < 1.29 is 54.8 Å². The highest BCUT2D eigenvalue weighted by Gasteiger charge is 2.45. The van der Waals surface area contributed by atoms with Crippen LogP contribution in [0.2, 0.25) is 0 Å². The van der Waals surface area contributed by atoms with Gasteiger partial charge in [0.15, 0.2) is 5.78 Å². The number of carbonyl (C=O) groups is 1. The molecule has 1 fully saturated rings. The average Bonchev–Trinajstić information content (AvgIpc) is 2.81. The lowest BCUT2D eigenvalue weighted by molar-refractivity contribution is -0.277. The third kappa shape index (κ3) is 3.91. The number of rotatable bonds is 4. The molecule has 0 aromatic heterocycles. The lowest BCUT2D eigenvalue weighted by Gasteiger charge is -2.40. The van der Waals surface area contributed by atoms with Gasteiger partial charge in [-0.25, -0.2) is 0 Å². The van der Waals surface area contributed by atoms with Gasteiger partial charge in [-0.2, -0.15) is 0 Å². The van der Waals surface area contributed by atoms with Gasteiger partial charge in [-0.05, 0) is 32.0 Å². The van der Waals surface area contributed by atoms with Gasteiger partial charge in [0.25, 0.3) is 0 Å². The van der Waals surface area contributed by atoms with E-state index < -0.39 is 54.9 Å². The van der Waals surface area contributed by atoms with Crippen molar-refractivity contribution in [2.45, 2.75) is 57.1 Å². The second kappa shape index (κ2) is 8.93. The minimum Gasteiger partial charge on any atom is -0.508 e. The number of benzene rings is 2. The van der Waals surface area contributed by atoms with Crippen LogP contribution in [0.4, 0.5) is 0 Å². The molecule has 11 heteroatoms. The molecule has 0 bridgehead atoms. The second-order valence-electron chi connectivity index (χ2n) is 8.42. The molecule has 34 heavy (non-hydrogen) atoms. The number of phenolic OH excluding ortho intramolecular Hbond substituents is 3. The first kappa shape index (κ1) is 24.0. The van der Waals surface area contributed by atoms with Crippen molar-refractivity contribution in [3.8, 4) is 28.7 Å². The van der Waals surface area contributed by atoms with Crippen molar-refractivity contribution in [1.82, 2.24) is 0 Å². The zero-order valence-corrected chi connectivity index (χ0v) is 18.4. The predicted octanol–water partition coefficient (Wildman–Crippen LogP) is 0.305. The van der Waals surface area contributed by atoms with Gasteiger partial charge in [0.2, 0.25) is 6.29 Å². The molecule has 6 unspecified atom stereocenters. The molecule has 184 valence electrons. The summed E-state index contributed by atoms with van der Waals surface area (Å²) in [5, 5.41) is 70.5. The fourth-order valence-electron chi connectivity index (χ4n) is 4.27. The van der Waals surface area contributed by atoms with Crippen LogP contribution in [0.25, 0.3) is 0 Å². The minimum absolute atomic E-state index is 0.00541. The van der Waals surface area contributed by atoms with Gasteiger partial charge in [-0.3, -0.25) is 4.79 Å². The van der Waals surface area contributed by atoms with E-state index in [0.29, 0.717) is 0 Å². The lowest BCUT2D eigenvalue weighted by atomic mass is 9.91. The number of aliphatic hydroxyl groups is 4. The van der Waals surface area contributed by atoms with Crippen LogP contribution >= 0.6 is 0 Å². The highest BCUT2D eigenvalue weighted by atomic mass is 16.7. The van der Waals surface area contributed by atoms with Gasteiger partial charge in [-0.1, -0.05) is 0 Å². The van der Waals surface area contributed by atoms with Gasteiger partial charge in [-0.15, -0.1) is 0 Å². The number of ether oxygens (including phenoxy) is 3. The molecular formula is C23H26O11. The van der Waals surface area contributed by atoms with Gasteiger partial charge in [0, 0.05) is 16.7 Å². The van der Waals surface area contributed by atoms with Gasteiger partial charge >= 0.3 is 0 Å². The fraction of sp³-hybridized carbons (Fsp3) is 0.435. The molecule has 0 spiro atoms. The minimum atomic E-state index is -1.69. The van der Waals surface area contributed by atoms with Crippen molar-refractivity contribution in [2.24, 2.45) is 0 Å². The van der Waals surface area contributed by atoms with Crippen molar-refractivity contribution in [3.63, 3.8) is 0 Å². The first-order valence-electron chi connectivity index (χ1n) is 10.6. The van der Waals surface area contributed by atoms with Crippen LogP contribution in [0, 0.1) is 13.8 Å². The summed E-state index contributed by atoms with van der Waals surface area (Å²) in [6.45, 7) is 2.37. The maximum atomic E-state index is 12.9. The number of hydrogen-bond donors (Lipinski definition) is 7. The Kier molecular flexibility index (Phi) is 6.32. The van der Waals surface area contributed by atoms with E-state index in [1.54, 1.807) is 6.92 Å². The largest absolute Gasteiger partial charge is 0.508 e. The zero-order chi connectivity index (χ0) is 24.9. The molecule has 7 N–H and O–H groups in total. The predicted molar refractivity (Wildman–Crippen MR) is 114 cm³/mol. The molecule has 6 atom stereocenters. The summed E-state index contributed by atoms with van der Waals surface area (Å²) in [5.74, 6) is -1.22. The van der Waals surface area contributed by atoms with Crippen LogP contribution in [-0.4, -0.2) is 78.8 Å². The monoisotopic (exact) mass is 478 g/mol. The van der Waals surface area contributed by atoms with Crippen LogP contribution in [0.1, 0.15) is 39.6 Å². The topological polar surface area (TPSA) is 186 Å². The Morgan fingerprint density at radius 3 is 2.41 bits per heavy atom. The van der Waals surface area contributed by atoms with Crippen molar-refractivity contribution in [3.05, 3.63) is 40.5 Å². The summed E-state index contributed by atoms with van der Waals surface area (Å²) < 4.78 is 17.1. The molecule has 0 aliphatic carbocycles. The molecular weight excluding hydrogens is 452 g/mol. The normalized spacial score (nSPS) is 28.8. The van der Waals surface area contributed by atoms with Crippen molar-refractivity contribution in [1.29, 1.82) is 0 Å². The number of ketones is 1. The van der Waals surface area contributed by atoms with E-state index in [1.165, 1.54) is 25.1 Å². The third-order valence-electron chi connectivity index (χ3n) is 6.19. The molecule has 11 nitrogen and oxygen atoms in total. The Hall–Kier alpha value is -3.09.